The average Bonchev–Trinajstić information content (AvgIpc) is 2.27. The van der Waals surface area contributed by atoms with E-state index in [1.54, 1.807) is 31.4 Å². The number of nitrogens with one attached hydrogen (secondary N) is 1. The van der Waals surface area contributed by atoms with E-state index in [2.05, 4.69) is 10.3 Å². The first-order valence-corrected chi connectivity index (χ1v) is 4.51. The van der Waals surface area contributed by atoms with Crippen LogP contribution in [0.1, 0.15) is 10.4 Å². The Bertz CT molecular complexity index is 523. The summed E-state index contributed by atoms with van der Waals surface area (Å²) in [5, 5.41) is 13.5. The molecule has 0 amide bonds. The Morgan fingerprint density at radius 1 is 1.33 bits per heavy atom. The number of fused-ring (bicyclic) bond motifs is 1. The molecular weight excluding hydrogens is 192 g/mol. The summed E-state index contributed by atoms with van der Waals surface area (Å²) in [6, 6.07) is 6.79. The highest BCUT2D eigenvalue weighted by atomic mass is 16.4. The van der Waals surface area contributed by atoms with Gasteiger partial charge in [-0.2, -0.15) is 0 Å². The number of anilines is 1. The molecule has 0 bridgehead atoms. The quantitative estimate of drug-likeness (QED) is 0.781. The number of benzene rings is 1. The Morgan fingerprint density at radius 3 is 2.80 bits per heavy atom. The van der Waals surface area contributed by atoms with Gasteiger partial charge in [0.1, 0.15) is 5.82 Å². The third-order valence-corrected chi connectivity index (χ3v) is 2.22. The maximum atomic E-state index is 10.8. The second kappa shape index (κ2) is 3.57. The molecule has 0 aliphatic rings. The van der Waals surface area contributed by atoms with Gasteiger partial charge in [-0.3, -0.25) is 0 Å². The molecule has 0 aliphatic heterocycles. The standard InChI is InChI=1S/C11H10N2O2/c1-12-10-5-9-4-7(11(14)15)2-3-8(9)6-13-10/h2-6H,1H3,(H,12,13)(H,14,15). The molecule has 2 rings (SSSR count). The molecular formula is C11H10N2O2. The van der Waals surface area contributed by atoms with Gasteiger partial charge in [-0.15, -0.1) is 0 Å². The van der Waals surface area contributed by atoms with Crippen molar-refractivity contribution in [1.82, 2.24) is 4.98 Å². The van der Waals surface area contributed by atoms with E-state index in [0.29, 0.717) is 0 Å². The second-order valence-corrected chi connectivity index (χ2v) is 3.19. The van der Waals surface area contributed by atoms with Crippen molar-refractivity contribution in [2.75, 3.05) is 12.4 Å². The molecule has 76 valence electrons. The van der Waals surface area contributed by atoms with Crippen LogP contribution in [0, 0.1) is 0 Å². The zero-order valence-electron chi connectivity index (χ0n) is 8.19. The van der Waals surface area contributed by atoms with Gasteiger partial charge >= 0.3 is 5.97 Å². The van der Waals surface area contributed by atoms with Gasteiger partial charge in [-0.25, -0.2) is 9.78 Å². The van der Waals surface area contributed by atoms with E-state index in [0.717, 1.165) is 16.6 Å². The molecule has 0 radical (unpaired) electrons. The number of carboxylic acid groups (broad SMARTS) is 1. The fourth-order valence-electron chi connectivity index (χ4n) is 1.41. The molecule has 0 saturated heterocycles. The number of pyridine rings is 1. The molecule has 1 aromatic heterocycles. The molecule has 1 heterocycles. The molecule has 0 atom stereocenters. The average molecular weight is 202 g/mol. The van der Waals surface area contributed by atoms with Crippen LogP contribution in [0.3, 0.4) is 0 Å². The highest BCUT2D eigenvalue weighted by Crippen LogP contribution is 2.18. The van der Waals surface area contributed by atoms with Crippen LogP contribution < -0.4 is 5.32 Å². The maximum absolute atomic E-state index is 10.8. The van der Waals surface area contributed by atoms with Crippen LogP contribution in [0.4, 0.5) is 5.82 Å². The van der Waals surface area contributed by atoms with E-state index in [1.165, 1.54) is 0 Å². The SMILES string of the molecule is CNc1cc2cc(C(=O)O)ccc2cn1. The van der Waals surface area contributed by atoms with Crippen LogP contribution in [0.25, 0.3) is 10.8 Å². The van der Waals surface area contributed by atoms with E-state index < -0.39 is 5.97 Å². The number of aromatic carboxylic acids is 1. The summed E-state index contributed by atoms with van der Waals surface area (Å²) in [7, 11) is 1.77. The zero-order chi connectivity index (χ0) is 10.8. The summed E-state index contributed by atoms with van der Waals surface area (Å²) in [4.78, 5) is 14.9. The van der Waals surface area contributed by atoms with E-state index in [1.807, 2.05) is 6.07 Å². The number of rotatable bonds is 2. The number of hydrogen-bond donors (Lipinski definition) is 2. The molecule has 0 unspecified atom stereocenters. The fourth-order valence-corrected chi connectivity index (χ4v) is 1.41. The Balaban J connectivity index is 2.62. The van der Waals surface area contributed by atoms with Gasteiger partial charge in [-0.1, -0.05) is 6.07 Å². The second-order valence-electron chi connectivity index (χ2n) is 3.19. The molecule has 1 aromatic carbocycles. The summed E-state index contributed by atoms with van der Waals surface area (Å²) in [6.45, 7) is 0. The summed E-state index contributed by atoms with van der Waals surface area (Å²) in [6.07, 6.45) is 1.72. The van der Waals surface area contributed by atoms with Crippen molar-refractivity contribution in [3.8, 4) is 0 Å². The first-order chi connectivity index (χ1) is 7.20. The highest BCUT2D eigenvalue weighted by molar-refractivity contribution is 5.94. The van der Waals surface area contributed by atoms with E-state index in [-0.39, 0.29) is 5.56 Å². The van der Waals surface area contributed by atoms with Gasteiger partial charge in [0.05, 0.1) is 5.56 Å². The number of nitrogens with zero attached hydrogens (tertiary/aromatic N) is 1. The zero-order valence-corrected chi connectivity index (χ0v) is 8.19. The van der Waals surface area contributed by atoms with E-state index in [4.69, 9.17) is 5.11 Å². The van der Waals surface area contributed by atoms with Crippen molar-refractivity contribution >= 4 is 22.6 Å². The predicted molar refractivity (Wildman–Crippen MR) is 58.2 cm³/mol. The third-order valence-electron chi connectivity index (χ3n) is 2.22. The minimum absolute atomic E-state index is 0.288. The molecule has 15 heavy (non-hydrogen) atoms. The predicted octanol–water partition coefficient (Wildman–Crippen LogP) is 1.97. The van der Waals surface area contributed by atoms with Gasteiger partial charge in [0, 0.05) is 18.6 Å². The first kappa shape index (κ1) is 9.45. The fraction of sp³-hybridized carbons (Fsp3) is 0.0909. The topological polar surface area (TPSA) is 62.2 Å². The largest absolute Gasteiger partial charge is 0.478 e. The monoisotopic (exact) mass is 202 g/mol. The third kappa shape index (κ3) is 1.74. The van der Waals surface area contributed by atoms with Crippen molar-refractivity contribution in [2.45, 2.75) is 0 Å². The minimum atomic E-state index is -0.917. The molecule has 0 fully saturated rings. The molecule has 4 heteroatoms. The normalized spacial score (nSPS) is 10.2. The van der Waals surface area contributed by atoms with Gasteiger partial charge in [-0.05, 0) is 23.6 Å². The smallest absolute Gasteiger partial charge is 0.335 e. The number of hydrogen-bond acceptors (Lipinski definition) is 3. The van der Waals surface area contributed by atoms with Crippen molar-refractivity contribution in [2.24, 2.45) is 0 Å². The van der Waals surface area contributed by atoms with E-state index >= 15 is 0 Å². The van der Waals surface area contributed by atoms with Gasteiger partial charge in [0.2, 0.25) is 0 Å². The maximum Gasteiger partial charge on any atom is 0.335 e. The lowest BCUT2D eigenvalue weighted by atomic mass is 10.1. The number of carboxylic acids is 1. The number of carbonyl (C=O) groups is 1. The molecule has 2 N–H and O–H groups in total. The Kier molecular flexibility index (Phi) is 2.25. The van der Waals surface area contributed by atoms with Crippen LogP contribution in [-0.4, -0.2) is 23.1 Å². The molecule has 0 saturated carbocycles. The minimum Gasteiger partial charge on any atom is -0.478 e. The van der Waals surface area contributed by atoms with Crippen molar-refractivity contribution < 1.29 is 9.90 Å². The Labute approximate surface area is 86.6 Å². The molecule has 0 aliphatic carbocycles. The first-order valence-electron chi connectivity index (χ1n) is 4.51. The van der Waals surface area contributed by atoms with E-state index in [9.17, 15) is 4.79 Å². The van der Waals surface area contributed by atoms with Crippen LogP contribution in [0.15, 0.2) is 30.5 Å². The lowest BCUT2D eigenvalue weighted by Gasteiger charge is -2.02. The highest BCUT2D eigenvalue weighted by Gasteiger charge is 2.03. The number of aromatic nitrogens is 1. The Hall–Kier alpha value is -2.10. The lowest BCUT2D eigenvalue weighted by molar-refractivity contribution is 0.0697. The van der Waals surface area contributed by atoms with Crippen LogP contribution in [0.2, 0.25) is 0 Å². The molecule has 2 aromatic rings. The van der Waals surface area contributed by atoms with Crippen LogP contribution in [0.5, 0.6) is 0 Å². The summed E-state index contributed by atoms with van der Waals surface area (Å²) in [5.74, 6) is -0.190. The van der Waals surface area contributed by atoms with Crippen molar-refractivity contribution in [3.05, 3.63) is 36.0 Å². The van der Waals surface area contributed by atoms with Crippen molar-refractivity contribution in [1.29, 1.82) is 0 Å². The molecule has 4 nitrogen and oxygen atoms in total. The van der Waals surface area contributed by atoms with Crippen LogP contribution >= 0.6 is 0 Å². The summed E-state index contributed by atoms with van der Waals surface area (Å²) in [5.41, 5.74) is 0.288. The van der Waals surface area contributed by atoms with Gasteiger partial charge < -0.3 is 10.4 Å². The van der Waals surface area contributed by atoms with Crippen LogP contribution in [-0.2, 0) is 0 Å². The molecule has 0 spiro atoms. The Morgan fingerprint density at radius 2 is 2.13 bits per heavy atom. The van der Waals surface area contributed by atoms with Crippen molar-refractivity contribution in [3.63, 3.8) is 0 Å². The summed E-state index contributed by atoms with van der Waals surface area (Å²) >= 11 is 0. The van der Waals surface area contributed by atoms with Gasteiger partial charge in [0.15, 0.2) is 0 Å². The van der Waals surface area contributed by atoms with Gasteiger partial charge in [0.25, 0.3) is 0 Å². The lowest BCUT2D eigenvalue weighted by Crippen LogP contribution is -1.96. The summed E-state index contributed by atoms with van der Waals surface area (Å²) < 4.78 is 0.